The highest BCUT2D eigenvalue weighted by molar-refractivity contribution is 6.33. The van der Waals surface area contributed by atoms with E-state index in [1.165, 1.54) is 6.07 Å². The van der Waals surface area contributed by atoms with Crippen molar-refractivity contribution in [2.45, 2.75) is 12.5 Å². The van der Waals surface area contributed by atoms with E-state index in [-0.39, 0.29) is 11.1 Å². The molecule has 1 aliphatic rings. The molecule has 7 heteroatoms. The number of nitrogens with zero attached hydrogens (tertiary/aromatic N) is 3. The lowest BCUT2D eigenvalue weighted by Crippen LogP contribution is -2.26. The first-order chi connectivity index (χ1) is 9.15. The second-order valence-corrected chi connectivity index (χ2v) is 4.96. The maximum Gasteiger partial charge on any atom is 0.245 e. The molecule has 1 aromatic heterocycles. The molecule has 0 spiro atoms. The van der Waals surface area contributed by atoms with Gasteiger partial charge in [-0.05, 0) is 18.6 Å². The molecule has 3 rings (SSSR count). The summed E-state index contributed by atoms with van der Waals surface area (Å²) in [6.45, 7) is 1.56. The third kappa shape index (κ3) is 2.29. The smallest absolute Gasteiger partial charge is 0.245 e. The zero-order valence-electron chi connectivity index (χ0n) is 10.1. The van der Waals surface area contributed by atoms with E-state index in [1.54, 1.807) is 12.1 Å². The molecule has 0 amide bonds. The number of hydrogen-bond donors (Lipinski definition) is 2. The van der Waals surface area contributed by atoms with E-state index in [4.69, 9.17) is 17.3 Å². The number of nitrogens with one attached hydrogen (secondary N) is 1. The standard InChI is InChI=1S/C12H13ClFN5/c13-10-8(2-1-3-9(10)14)11-16-12(18-17-11)19-5-4-7(15)6-19/h1-3,7H,4-6,15H2,(H,16,17,18). The van der Waals surface area contributed by atoms with Crippen molar-refractivity contribution in [3.8, 4) is 11.4 Å². The SMILES string of the molecule is NC1CCN(c2n[nH]c(-c3cccc(F)c3Cl)n2)C1. The fourth-order valence-corrected chi connectivity index (χ4v) is 2.39. The summed E-state index contributed by atoms with van der Waals surface area (Å²) in [4.78, 5) is 6.35. The van der Waals surface area contributed by atoms with Crippen LogP contribution in [0.3, 0.4) is 0 Å². The summed E-state index contributed by atoms with van der Waals surface area (Å²) >= 11 is 5.92. The van der Waals surface area contributed by atoms with Gasteiger partial charge in [-0.25, -0.2) is 4.39 Å². The Morgan fingerprint density at radius 2 is 2.32 bits per heavy atom. The molecule has 1 aromatic carbocycles. The van der Waals surface area contributed by atoms with Crippen molar-refractivity contribution in [2.75, 3.05) is 18.0 Å². The van der Waals surface area contributed by atoms with Crippen LogP contribution in [0, 0.1) is 5.82 Å². The topological polar surface area (TPSA) is 70.8 Å². The van der Waals surface area contributed by atoms with Crippen LogP contribution in [0.1, 0.15) is 6.42 Å². The van der Waals surface area contributed by atoms with Gasteiger partial charge in [0.15, 0.2) is 5.82 Å². The molecule has 19 heavy (non-hydrogen) atoms. The molecule has 0 bridgehead atoms. The highest BCUT2D eigenvalue weighted by Crippen LogP contribution is 2.28. The van der Waals surface area contributed by atoms with Crippen LogP contribution in [0.15, 0.2) is 18.2 Å². The molecule has 1 aliphatic heterocycles. The molecule has 2 aromatic rings. The maximum absolute atomic E-state index is 13.4. The van der Waals surface area contributed by atoms with Crippen LogP contribution < -0.4 is 10.6 Å². The summed E-state index contributed by atoms with van der Waals surface area (Å²) in [5.41, 5.74) is 6.35. The van der Waals surface area contributed by atoms with E-state index in [1.807, 2.05) is 4.90 Å². The van der Waals surface area contributed by atoms with Crippen LogP contribution in [0.4, 0.5) is 10.3 Å². The predicted molar refractivity (Wildman–Crippen MR) is 71.6 cm³/mol. The highest BCUT2D eigenvalue weighted by Gasteiger charge is 2.23. The molecule has 1 saturated heterocycles. The van der Waals surface area contributed by atoms with Crippen molar-refractivity contribution >= 4 is 17.5 Å². The minimum absolute atomic E-state index is 0.0447. The quantitative estimate of drug-likeness (QED) is 0.881. The average molecular weight is 282 g/mol. The van der Waals surface area contributed by atoms with E-state index in [9.17, 15) is 4.39 Å². The van der Waals surface area contributed by atoms with Gasteiger partial charge in [0.05, 0.1) is 5.02 Å². The van der Waals surface area contributed by atoms with Crippen molar-refractivity contribution < 1.29 is 4.39 Å². The summed E-state index contributed by atoms with van der Waals surface area (Å²) < 4.78 is 13.4. The van der Waals surface area contributed by atoms with E-state index < -0.39 is 5.82 Å². The second-order valence-electron chi connectivity index (χ2n) is 4.58. The Hall–Kier alpha value is -1.66. The number of hydrogen-bond acceptors (Lipinski definition) is 4. The van der Waals surface area contributed by atoms with Gasteiger partial charge in [-0.2, -0.15) is 4.98 Å². The van der Waals surface area contributed by atoms with Crippen molar-refractivity contribution in [2.24, 2.45) is 5.73 Å². The monoisotopic (exact) mass is 281 g/mol. The highest BCUT2D eigenvalue weighted by atomic mass is 35.5. The zero-order valence-corrected chi connectivity index (χ0v) is 10.9. The number of rotatable bonds is 2. The lowest BCUT2D eigenvalue weighted by molar-refractivity contribution is 0.628. The predicted octanol–water partition coefficient (Wildman–Crippen LogP) is 1.80. The number of aromatic nitrogens is 3. The van der Waals surface area contributed by atoms with Crippen molar-refractivity contribution in [3.05, 3.63) is 29.0 Å². The van der Waals surface area contributed by atoms with Gasteiger partial charge in [0.2, 0.25) is 5.95 Å². The zero-order chi connectivity index (χ0) is 13.4. The van der Waals surface area contributed by atoms with Crippen molar-refractivity contribution in [3.63, 3.8) is 0 Å². The van der Waals surface area contributed by atoms with Crippen LogP contribution in [0.5, 0.6) is 0 Å². The van der Waals surface area contributed by atoms with Gasteiger partial charge in [0, 0.05) is 24.7 Å². The third-order valence-corrected chi connectivity index (χ3v) is 3.57. The summed E-state index contributed by atoms with van der Waals surface area (Å²) in [5, 5.41) is 6.96. The molecular weight excluding hydrogens is 269 g/mol. The third-order valence-electron chi connectivity index (χ3n) is 3.19. The van der Waals surface area contributed by atoms with Gasteiger partial charge in [-0.15, -0.1) is 5.10 Å². The molecule has 3 N–H and O–H groups in total. The first-order valence-corrected chi connectivity index (χ1v) is 6.40. The van der Waals surface area contributed by atoms with Crippen LogP contribution >= 0.6 is 11.6 Å². The Morgan fingerprint density at radius 1 is 1.47 bits per heavy atom. The Balaban J connectivity index is 1.91. The Bertz CT molecular complexity index is 600. The molecule has 0 saturated carbocycles. The van der Waals surface area contributed by atoms with Crippen molar-refractivity contribution in [1.82, 2.24) is 15.2 Å². The summed E-state index contributed by atoms with van der Waals surface area (Å²) in [7, 11) is 0. The van der Waals surface area contributed by atoms with Gasteiger partial charge < -0.3 is 10.6 Å². The Labute approximate surface area is 114 Å². The lowest BCUT2D eigenvalue weighted by Gasteiger charge is -2.11. The normalized spacial score (nSPS) is 19.1. The average Bonchev–Trinajstić information content (AvgIpc) is 3.01. The number of nitrogens with two attached hydrogens (primary N) is 1. The molecule has 0 radical (unpaired) electrons. The van der Waals surface area contributed by atoms with Gasteiger partial charge in [0.1, 0.15) is 5.82 Å². The number of H-pyrrole nitrogens is 1. The number of halogens is 2. The first kappa shape index (κ1) is 12.4. The van der Waals surface area contributed by atoms with Gasteiger partial charge in [0.25, 0.3) is 0 Å². The number of anilines is 1. The summed E-state index contributed by atoms with van der Waals surface area (Å²) in [6.07, 6.45) is 0.921. The molecule has 2 heterocycles. The van der Waals surface area contributed by atoms with Gasteiger partial charge in [-0.3, -0.25) is 5.10 Å². The minimum Gasteiger partial charge on any atom is -0.338 e. The van der Waals surface area contributed by atoms with E-state index in [0.717, 1.165) is 19.5 Å². The van der Waals surface area contributed by atoms with Gasteiger partial charge in [-0.1, -0.05) is 17.7 Å². The minimum atomic E-state index is -0.472. The fraction of sp³-hybridized carbons (Fsp3) is 0.333. The summed E-state index contributed by atoms with van der Waals surface area (Å²) in [5.74, 6) is 0.559. The maximum atomic E-state index is 13.4. The number of aromatic amines is 1. The molecule has 1 unspecified atom stereocenters. The van der Waals surface area contributed by atoms with E-state index in [0.29, 0.717) is 17.3 Å². The van der Waals surface area contributed by atoms with Gasteiger partial charge >= 0.3 is 0 Å². The fourth-order valence-electron chi connectivity index (χ4n) is 2.17. The molecular formula is C12H13ClFN5. The van der Waals surface area contributed by atoms with Crippen LogP contribution in [-0.2, 0) is 0 Å². The Kier molecular flexibility index (Phi) is 3.12. The molecule has 0 aliphatic carbocycles. The molecule has 100 valence electrons. The van der Waals surface area contributed by atoms with Crippen LogP contribution in [0.2, 0.25) is 5.02 Å². The van der Waals surface area contributed by atoms with E-state index in [2.05, 4.69) is 15.2 Å². The second kappa shape index (κ2) is 4.79. The van der Waals surface area contributed by atoms with Crippen molar-refractivity contribution in [1.29, 1.82) is 0 Å². The van der Waals surface area contributed by atoms with E-state index >= 15 is 0 Å². The van der Waals surface area contributed by atoms with Crippen LogP contribution in [0.25, 0.3) is 11.4 Å². The lowest BCUT2D eigenvalue weighted by atomic mass is 10.2. The Morgan fingerprint density at radius 3 is 3.05 bits per heavy atom. The van der Waals surface area contributed by atoms with Crippen LogP contribution in [-0.4, -0.2) is 34.3 Å². The summed E-state index contributed by atoms with van der Waals surface area (Å²) in [6, 6.07) is 4.75. The molecule has 1 fully saturated rings. The largest absolute Gasteiger partial charge is 0.338 e. The first-order valence-electron chi connectivity index (χ1n) is 6.02. The molecule has 1 atom stereocenters. The number of benzene rings is 1. The molecule has 5 nitrogen and oxygen atoms in total.